The third-order valence-corrected chi connectivity index (χ3v) is 1.97. The zero-order chi connectivity index (χ0) is 11.7. The van der Waals surface area contributed by atoms with E-state index >= 15 is 0 Å². The molecule has 0 aliphatic carbocycles. The van der Waals surface area contributed by atoms with Crippen LogP contribution in [0.1, 0.15) is 25.0 Å². The molecule has 0 radical (unpaired) electrons. The highest BCUT2D eigenvalue weighted by molar-refractivity contribution is 6.27. The van der Waals surface area contributed by atoms with Gasteiger partial charge in [-0.15, -0.1) is 11.6 Å². The van der Waals surface area contributed by atoms with Crippen molar-refractivity contribution in [3.8, 4) is 0 Å². The van der Waals surface area contributed by atoms with E-state index in [-0.39, 0.29) is 11.8 Å². The van der Waals surface area contributed by atoms with Crippen LogP contribution >= 0.6 is 11.6 Å². The van der Waals surface area contributed by atoms with Crippen molar-refractivity contribution in [3.05, 3.63) is 35.4 Å². The Hall–Kier alpha value is -1.02. The molecule has 0 fully saturated rings. The second-order valence-electron chi connectivity index (χ2n) is 2.90. The van der Waals surface area contributed by atoms with Crippen LogP contribution in [0.15, 0.2) is 24.3 Å². The van der Waals surface area contributed by atoms with Gasteiger partial charge >= 0.3 is 0 Å². The van der Waals surface area contributed by atoms with Gasteiger partial charge in [0.1, 0.15) is 5.88 Å². The fourth-order valence-corrected chi connectivity index (χ4v) is 1.05. The Kier molecular flexibility index (Phi) is 7.74. The first-order valence-corrected chi connectivity index (χ1v) is 5.64. The Morgan fingerprint density at radius 2 is 1.80 bits per heavy atom. The second kappa shape index (κ2) is 8.30. The van der Waals surface area contributed by atoms with Crippen molar-refractivity contribution in [2.75, 3.05) is 5.88 Å². The molecule has 1 N–H and O–H groups in total. The summed E-state index contributed by atoms with van der Waals surface area (Å²) in [6, 6.07) is 8.01. The van der Waals surface area contributed by atoms with Gasteiger partial charge in [-0.05, 0) is 12.5 Å². The molecule has 15 heavy (non-hydrogen) atoms. The highest BCUT2D eigenvalue weighted by Gasteiger charge is 1.97. The predicted octanol–water partition coefficient (Wildman–Crippen LogP) is 2.88. The van der Waals surface area contributed by atoms with E-state index in [1.54, 1.807) is 0 Å². The number of amides is 1. The molecule has 0 aliphatic rings. The lowest BCUT2D eigenvalue weighted by atomic mass is 10.1. The van der Waals surface area contributed by atoms with Gasteiger partial charge in [0, 0.05) is 6.54 Å². The van der Waals surface area contributed by atoms with Crippen LogP contribution in [0.5, 0.6) is 0 Å². The minimum absolute atomic E-state index is 0.0197. The zero-order valence-electron chi connectivity index (χ0n) is 9.51. The molecule has 1 rings (SSSR count). The summed E-state index contributed by atoms with van der Waals surface area (Å²) in [6.07, 6.45) is 0. The zero-order valence-corrected chi connectivity index (χ0v) is 10.3. The molecule has 1 aromatic carbocycles. The summed E-state index contributed by atoms with van der Waals surface area (Å²) in [6.45, 7) is 6.58. The molecule has 3 heteroatoms. The number of benzene rings is 1. The van der Waals surface area contributed by atoms with Crippen LogP contribution in [0.2, 0.25) is 0 Å². The van der Waals surface area contributed by atoms with Gasteiger partial charge in [-0.3, -0.25) is 4.79 Å². The van der Waals surface area contributed by atoms with Gasteiger partial charge in [0.15, 0.2) is 0 Å². The molecule has 0 atom stereocenters. The third-order valence-electron chi connectivity index (χ3n) is 1.73. The van der Waals surface area contributed by atoms with Gasteiger partial charge in [-0.25, -0.2) is 0 Å². The van der Waals surface area contributed by atoms with Gasteiger partial charge < -0.3 is 5.32 Å². The van der Waals surface area contributed by atoms with Crippen LogP contribution in [0.25, 0.3) is 0 Å². The van der Waals surface area contributed by atoms with Crippen LogP contribution in [-0.2, 0) is 11.3 Å². The highest BCUT2D eigenvalue weighted by atomic mass is 35.5. The molecule has 0 saturated heterocycles. The Labute approximate surface area is 96.6 Å². The van der Waals surface area contributed by atoms with Crippen molar-refractivity contribution in [1.82, 2.24) is 5.32 Å². The maximum atomic E-state index is 10.8. The number of hydrogen-bond donors (Lipinski definition) is 1. The van der Waals surface area contributed by atoms with Crippen LogP contribution in [-0.4, -0.2) is 11.8 Å². The molecule has 0 bridgehead atoms. The van der Waals surface area contributed by atoms with Crippen LogP contribution in [0.3, 0.4) is 0 Å². The Morgan fingerprint density at radius 3 is 2.27 bits per heavy atom. The van der Waals surface area contributed by atoms with Crippen molar-refractivity contribution in [3.63, 3.8) is 0 Å². The maximum Gasteiger partial charge on any atom is 0.235 e. The van der Waals surface area contributed by atoms with E-state index in [4.69, 9.17) is 11.6 Å². The van der Waals surface area contributed by atoms with E-state index in [1.165, 1.54) is 5.56 Å². The SMILES string of the molecule is CC.Cc1ccc(CNC(=O)CCl)cc1. The first kappa shape index (κ1) is 14.0. The number of carbonyl (C=O) groups excluding carboxylic acids is 1. The number of alkyl halides is 1. The average molecular weight is 228 g/mol. The second-order valence-corrected chi connectivity index (χ2v) is 3.16. The smallest absolute Gasteiger partial charge is 0.235 e. The Balaban J connectivity index is 0.000000921. The predicted molar refractivity (Wildman–Crippen MR) is 65.1 cm³/mol. The van der Waals surface area contributed by atoms with Crippen molar-refractivity contribution in [2.45, 2.75) is 27.3 Å². The summed E-state index contributed by atoms with van der Waals surface area (Å²) < 4.78 is 0. The van der Waals surface area contributed by atoms with Crippen molar-refractivity contribution in [2.24, 2.45) is 0 Å². The number of rotatable bonds is 3. The summed E-state index contributed by atoms with van der Waals surface area (Å²) in [5, 5.41) is 2.70. The van der Waals surface area contributed by atoms with E-state index in [0.29, 0.717) is 6.54 Å². The van der Waals surface area contributed by atoms with Gasteiger partial charge in [0.05, 0.1) is 0 Å². The first-order chi connectivity index (χ1) is 7.22. The minimum atomic E-state index is -0.137. The highest BCUT2D eigenvalue weighted by Crippen LogP contribution is 2.02. The Bertz CT molecular complexity index is 282. The lowest BCUT2D eigenvalue weighted by Gasteiger charge is -2.02. The van der Waals surface area contributed by atoms with Gasteiger partial charge in [0.2, 0.25) is 5.91 Å². The normalized spacial score (nSPS) is 8.80. The van der Waals surface area contributed by atoms with Crippen LogP contribution in [0.4, 0.5) is 0 Å². The van der Waals surface area contributed by atoms with E-state index in [0.717, 1.165) is 5.56 Å². The standard InChI is InChI=1S/C10H12ClNO.C2H6/c1-8-2-4-9(5-3-8)7-12-10(13)6-11;1-2/h2-5H,6-7H2,1H3,(H,12,13);1-2H3. The fraction of sp³-hybridized carbons (Fsp3) is 0.417. The fourth-order valence-electron chi connectivity index (χ4n) is 0.954. The number of carbonyl (C=O) groups is 1. The molecule has 0 spiro atoms. The summed E-state index contributed by atoms with van der Waals surface area (Å²) >= 11 is 5.33. The monoisotopic (exact) mass is 227 g/mol. The quantitative estimate of drug-likeness (QED) is 0.791. The summed E-state index contributed by atoms with van der Waals surface area (Å²) in [5.41, 5.74) is 2.30. The molecular weight excluding hydrogens is 210 g/mol. The van der Waals surface area contributed by atoms with E-state index in [9.17, 15) is 4.79 Å². The minimum Gasteiger partial charge on any atom is -0.351 e. The largest absolute Gasteiger partial charge is 0.351 e. The molecule has 0 heterocycles. The maximum absolute atomic E-state index is 10.8. The Morgan fingerprint density at radius 1 is 1.27 bits per heavy atom. The van der Waals surface area contributed by atoms with Crippen molar-refractivity contribution in [1.29, 1.82) is 0 Å². The molecule has 84 valence electrons. The van der Waals surface area contributed by atoms with Gasteiger partial charge in [0.25, 0.3) is 0 Å². The summed E-state index contributed by atoms with van der Waals surface area (Å²) in [7, 11) is 0. The van der Waals surface area contributed by atoms with Crippen LogP contribution in [0, 0.1) is 6.92 Å². The summed E-state index contributed by atoms with van der Waals surface area (Å²) in [4.78, 5) is 10.8. The summed E-state index contributed by atoms with van der Waals surface area (Å²) in [5.74, 6) is -0.117. The lowest BCUT2D eigenvalue weighted by molar-refractivity contribution is -0.118. The van der Waals surface area contributed by atoms with Gasteiger partial charge in [-0.1, -0.05) is 43.7 Å². The number of halogens is 1. The van der Waals surface area contributed by atoms with Crippen molar-refractivity contribution < 1.29 is 4.79 Å². The number of hydrogen-bond acceptors (Lipinski definition) is 1. The number of aryl methyl sites for hydroxylation is 1. The van der Waals surface area contributed by atoms with Crippen molar-refractivity contribution >= 4 is 17.5 Å². The lowest BCUT2D eigenvalue weighted by Crippen LogP contribution is -2.23. The average Bonchev–Trinajstić information content (AvgIpc) is 2.30. The van der Waals surface area contributed by atoms with Crippen LogP contribution < -0.4 is 5.32 Å². The molecule has 1 aromatic rings. The first-order valence-electron chi connectivity index (χ1n) is 5.10. The topological polar surface area (TPSA) is 29.1 Å². The molecule has 0 aromatic heterocycles. The van der Waals surface area contributed by atoms with Gasteiger partial charge in [-0.2, -0.15) is 0 Å². The molecule has 1 amide bonds. The molecule has 0 saturated carbocycles. The van der Waals surface area contributed by atoms with E-state index in [1.807, 2.05) is 45.0 Å². The molecule has 2 nitrogen and oxygen atoms in total. The third kappa shape index (κ3) is 6.13. The molecule has 0 unspecified atom stereocenters. The molecular formula is C12H18ClNO. The van der Waals surface area contributed by atoms with E-state index < -0.39 is 0 Å². The number of nitrogens with one attached hydrogen (secondary N) is 1. The van der Waals surface area contributed by atoms with E-state index in [2.05, 4.69) is 5.32 Å². The molecule has 0 aliphatic heterocycles.